The van der Waals surface area contributed by atoms with Gasteiger partial charge in [-0.1, -0.05) is 48.2 Å². The van der Waals surface area contributed by atoms with Crippen LogP contribution in [0.2, 0.25) is 0 Å². The van der Waals surface area contributed by atoms with E-state index in [1.54, 1.807) is 0 Å². The second-order valence-corrected chi connectivity index (χ2v) is 10.1. The first-order valence-electron chi connectivity index (χ1n) is 12.6. The van der Waals surface area contributed by atoms with Gasteiger partial charge in [0.25, 0.3) is 0 Å². The first-order valence-corrected chi connectivity index (χ1v) is 13.6. The number of fused-ring (bicyclic) bond motifs is 1. The quantitative estimate of drug-likeness (QED) is 0.227. The van der Waals surface area contributed by atoms with E-state index in [9.17, 15) is 4.79 Å². The number of H-pyrrole nitrogens is 1. The second kappa shape index (κ2) is 11.8. The molecule has 1 amide bonds. The first kappa shape index (κ1) is 25.9. The van der Waals surface area contributed by atoms with Crippen molar-refractivity contribution in [2.75, 3.05) is 29.1 Å². The normalized spacial score (nSPS) is 13.3. The van der Waals surface area contributed by atoms with Crippen LogP contribution in [-0.4, -0.2) is 44.5 Å². The van der Waals surface area contributed by atoms with Crippen LogP contribution in [0.1, 0.15) is 19.3 Å². The molecule has 0 aliphatic carbocycles. The maximum atomic E-state index is 12.8. The van der Waals surface area contributed by atoms with E-state index >= 15 is 0 Å². The molecule has 0 spiro atoms. The Morgan fingerprint density at radius 3 is 2.39 bits per heavy atom. The fourth-order valence-electron chi connectivity index (χ4n) is 4.84. The summed E-state index contributed by atoms with van der Waals surface area (Å²) in [5.41, 5.74) is 4.98. The van der Waals surface area contributed by atoms with Crippen LogP contribution in [0.5, 0.6) is 0 Å². The van der Waals surface area contributed by atoms with Gasteiger partial charge in [0, 0.05) is 52.8 Å². The number of nitrogens with zero attached hydrogens (tertiary/aromatic N) is 4. The predicted octanol–water partition coefficient (Wildman–Crippen LogP) is 6.56. The molecule has 38 heavy (non-hydrogen) atoms. The molecule has 6 rings (SSSR count). The van der Waals surface area contributed by atoms with Crippen molar-refractivity contribution in [1.29, 1.82) is 0 Å². The molecule has 3 heterocycles. The summed E-state index contributed by atoms with van der Waals surface area (Å²) in [7, 11) is 0. The SMILES string of the molecule is Cl.O=C(CSc1nnc(-c2c[nH]c3ccccc23)n1-c1ccccc1)Nc1ccc(N2CCCCC2)cc1. The molecule has 1 aliphatic heterocycles. The number of aromatic amines is 1. The van der Waals surface area contributed by atoms with Crippen LogP contribution in [0.25, 0.3) is 28.0 Å². The Kier molecular flexibility index (Phi) is 8.00. The zero-order valence-corrected chi connectivity index (χ0v) is 22.5. The summed E-state index contributed by atoms with van der Waals surface area (Å²) in [5.74, 6) is 0.888. The molecule has 7 nitrogen and oxygen atoms in total. The van der Waals surface area contributed by atoms with Crippen LogP contribution in [0.15, 0.2) is 90.2 Å². The average molecular weight is 545 g/mol. The molecule has 0 saturated carbocycles. The number of rotatable bonds is 7. The van der Waals surface area contributed by atoms with Gasteiger partial charge >= 0.3 is 0 Å². The van der Waals surface area contributed by atoms with Crippen molar-refractivity contribution < 1.29 is 4.79 Å². The highest BCUT2D eigenvalue weighted by Gasteiger charge is 2.20. The molecule has 2 aromatic heterocycles. The van der Waals surface area contributed by atoms with E-state index in [-0.39, 0.29) is 24.1 Å². The van der Waals surface area contributed by atoms with Crippen molar-refractivity contribution in [3.63, 3.8) is 0 Å². The Morgan fingerprint density at radius 1 is 0.868 bits per heavy atom. The Hall–Kier alpha value is -3.75. The van der Waals surface area contributed by atoms with Gasteiger partial charge in [-0.25, -0.2) is 0 Å². The number of amides is 1. The fraction of sp³-hybridized carbons (Fsp3) is 0.207. The number of thioether (sulfide) groups is 1. The van der Waals surface area contributed by atoms with Crippen LogP contribution >= 0.6 is 24.2 Å². The minimum atomic E-state index is -0.0769. The lowest BCUT2D eigenvalue weighted by molar-refractivity contribution is -0.113. The highest BCUT2D eigenvalue weighted by atomic mass is 35.5. The molecule has 2 N–H and O–H groups in total. The second-order valence-electron chi connectivity index (χ2n) is 9.16. The van der Waals surface area contributed by atoms with E-state index in [2.05, 4.69) is 43.6 Å². The van der Waals surface area contributed by atoms with Gasteiger partial charge in [0.05, 0.1) is 5.75 Å². The summed E-state index contributed by atoms with van der Waals surface area (Å²) in [4.78, 5) is 18.6. The summed E-state index contributed by atoms with van der Waals surface area (Å²) in [6, 6.07) is 26.3. The highest BCUT2D eigenvalue weighted by Crippen LogP contribution is 2.32. The smallest absolute Gasteiger partial charge is 0.234 e. The van der Waals surface area contributed by atoms with Crippen molar-refractivity contribution >= 4 is 52.4 Å². The molecular formula is C29H29ClN6OS. The van der Waals surface area contributed by atoms with Gasteiger partial charge in [-0.15, -0.1) is 22.6 Å². The molecule has 1 saturated heterocycles. The average Bonchev–Trinajstić information content (AvgIpc) is 3.57. The van der Waals surface area contributed by atoms with E-state index in [1.165, 1.54) is 36.7 Å². The topological polar surface area (TPSA) is 78.8 Å². The number of aromatic nitrogens is 4. The number of carbonyl (C=O) groups is 1. The molecule has 1 fully saturated rings. The van der Waals surface area contributed by atoms with Crippen molar-refractivity contribution in [2.24, 2.45) is 0 Å². The number of hydrogen-bond donors (Lipinski definition) is 2. The van der Waals surface area contributed by atoms with E-state index in [4.69, 9.17) is 0 Å². The minimum absolute atomic E-state index is 0. The molecular weight excluding hydrogens is 516 g/mol. The molecule has 1 aliphatic rings. The van der Waals surface area contributed by atoms with Crippen LogP contribution in [-0.2, 0) is 4.79 Å². The number of para-hydroxylation sites is 2. The third kappa shape index (κ3) is 5.42. The largest absolute Gasteiger partial charge is 0.372 e. The number of nitrogens with one attached hydrogen (secondary N) is 2. The molecule has 0 unspecified atom stereocenters. The number of anilines is 2. The van der Waals surface area contributed by atoms with Gasteiger partial charge in [-0.2, -0.15) is 0 Å². The lowest BCUT2D eigenvalue weighted by atomic mass is 10.1. The van der Waals surface area contributed by atoms with Crippen molar-refractivity contribution in [1.82, 2.24) is 19.7 Å². The highest BCUT2D eigenvalue weighted by molar-refractivity contribution is 7.99. The van der Waals surface area contributed by atoms with Crippen LogP contribution in [0, 0.1) is 0 Å². The standard InChI is InChI=1S/C29H28N6OS.ClH/c36-27(31-21-13-15-22(16-14-21)34-17-7-2-8-18-34)20-37-29-33-32-28(35(29)23-9-3-1-4-10-23)25-19-30-26-12-6-5-11-24(25)26;/h1,3-6,9-16,19,30H,2,7-8,17-18,20H2,(H,31,36);1H. The number of piperidine rings is 1. The molecule has 3 aromatic carbocycles. The monoisotopic (exact) mass is 544 g/mol. The Balaban J connectivity index is 0.00000294. The molecule has 0 bridgehead atoms. The Bertz CT molecular complexity index is 1510. The third-order valence-corrected chi connectivity index (χ3v) is 7.61. The third-order valence-electron chi connectivity index (χ3n) is 6.68. The molecule has 5 aromatic rings. The van der Waals surface area contributed by atoms with E-state index in [1.807, 2.05) is 71.4 Å². The number of benzene rings is 3. The zero-order chi connectivity index (χ0) is 25.0. The van der Waals surface area contributed by atoms with Crippen LogP contribution in [0.3, 0.4) is 0 Å². The predicted molar refractivity (Wildman–Crippen MR) is 158 cm³/mol. The summed E-state index contributed by atoms with van der Waals surface area (Å²) in [6.07, 6.45) is 5.75. The zero-order valence-electron chi connectivity index (χ0n) is 20.8. The molecule has 0 radical (unpaired) electrons. The molecule has 194 valence electrons. The van der Waals surface area contributed by atoms with Gasteiger partial charge in [0.2, 0.25) is 5.91 Å². The lowest BCUT2D eigenvalue weighted by Crippen LogP contribution is -2.29. The molecule has 0 atom stereocenters. The van der Waals surface area contributed by atoms with E-state index in [0.717, 1.165) is 46.8 Å². The van der Waals surface area contributed by atoms with Gasteiger partial charge < -0.3 is 15.2 Å². The van der Waals surface area contributed by atoms with Gasteiger partial charge in [-0.3, -0.25) is 9.36 Å². The van der Waals surface area contributed by atoms with Crippen LogP contribution in [0.4, 0.5) is 11.4 Å². The summed E-state index contributed by atoms with van der Waals surface area (Å²) < 4.78 is 2.01. The van der Waals surface area contributed by atoms with Crippen LogP contribution < -0.4 is 10.2 Å². The Labute approximate surface area is 232 Å². The summed E-state index contributed by atoms with van der Waals surface area (Å²) in [5, 5.41) is 13.8. The lowest BCUT2D eigenvalue weighted by Gasteiger charge is -2.28. The number of carbonyl (C=O) groups excluding carboxylic acids is 1. The Morgan fingerprint density at radius 2 is 1.61 bits per heavy atom. The van der Waals surface area contributed by atoms with Gasteiger partial charge in [-0.05, 0) is 61.7 Å². The van der Waals surface area contributed by atoms with E-state index in [0.29, 0.717) is 5.16 Å². The van der Waals surface area contributed by atoms with Gasteiger partial charge in [0.15, 0.2) is 11.0 Å². The first-order chi connectivity index (χ1) is 18.3. The number of hydrogen-bond acceptors (Lipinski definition) is 5. The van der Waals surface area contributed by atoms with Crippen molar-refractivity contribution in [2.45, 2.75) is 24.4 Å². The minimum Gasteiger partial charge on any atom is -0.372 e. The summed E-state index contributed by atoms with van der Waals surface area (Å²) in [6.45, 7) is 2.20. The molecule has 9 heteroatoms. The maximum Gasteiger partial charge on any atom is 0.234 e. The summed E-state index contributed by atoms with van der Waals surface area (Å²) >= 11 is 1.38. The van der Waals surface area contributed by atoms with Gasteiger partial charge in [0.1, 0.15) is 0 Å². The maximum absolute atomic E-state index is 12.8. The number of halogens is 1. The van der Waals surface area contributed by atoms with Crippen molar-refractivity contribution in [3.05, 3.63) is 85.1 Å². The fourth-order valence-corrected chi connectivity index (χ4v) is 5.59. The van der Waals surface area contributed by atoms with Crippen molar-refractivity contribution in [3.8, 4) is 17.1 Å². The van der Waals surface area contributed by atoms with E-state index < -0.39 is 0 Å².